The van der Waals surface area contributed by atoms with Gasteiger partial charge in [-0.3, -0.25) is 38.4 Å². The highest BCUT2D eigenvalue weighted by molar-refractivity contribution is 6.43. The lowest BCUT2D eigenvalue weighted by molar-refractivity contribution is -0.140. The molecule has 0 heterocycles. The van der Waals surface area contributed by atoms with Gasteiger partial charge in [0.2, 0.25) is 0 Å². The molecule has 0 aromatic heterocycles. The van der Waals surface area contributed by atoms with E-state index in [4.69, 9.17) is 11.6 Å². The van der Waals surface area contributed by atoms with Gasteiger partial charge in [-0.25, -0.2) is 0 Å². The Morgan fingerprint density at radius 1 is 0.519 bits per heavy atom. The number of ether oxygens (including phenoxy) is 1. The standard InChI is InChI=1S/C38H17ClO7.C4H8O2/c39-18-15-13-17(14-16-18)32(40)25-26-28(35(43)21-9-3-1-7-19(21)33(26)41)30-31(38(46)24-12-6-5-11-23(24)37(30)45)29-27(25)34(42)20-8-2-4-10-22(20)36(29)44;1-3-6-4(2)5/h1-16,25H;3H2,1-2H3. The van der Waals surface area contributed by atoms with Crippen LogP contribution in [0.4, 0.5) is 0 Å². The number of Topliss-reactive ketones (excluding diaryl/α,β-unsaturated/α-hetero) is 7. The molecule has 0 fully saturated rings. The molecule has 8 rings (SSSR count). The molecule has 4 aromatic carbocycles. The fraction of sp³-hybridized carbons (Fsp3) is 0.0952. The van der Waals surface area contributed by atoms with Crippen LogP contribution in [0.5, 0.6) is 0 Å². The second kappa shape index (κ2) is 13.0. The predicted molar refractivity (Wildman–Crippen MR) is 188 cm³/mol. The highest BCUT2D eigenvalue weighted by atomic mass is 35.5. The second-order valence-corrected chi connectivity index (χ2v) is 12.6. The third-order valence-electron chi connectivity index (χ3n) is 9.25. The van der Waals surface area contributed by atoms with Gasteiger partial charge in [0, 0.05) is 84.3 Å². The van der Waals surface area contributed by atoms with Crippen LogP contribution in [0.3, 0.4) is 0 Å². The topological polar surface area (TPSA) is 146 Å². The van der Waals surface area contributed by atoms with Crippen LogP contribution >= 0.6 is 11.6 Å². The maximum atomic E-state index is 14.7. The number of carbonyl (C=O) groups is 8. The zero-order chi connectivity index (χ0) is 37.0. The Morgan fingerprint density at radius 3 is 1.15 bits per heavy atom. The van der Waals surface area contributed by atoms with E-state index in [0.29, 0.717) is 11.6 Å². The number of ketones is 7. The van der Waals surface area contributed by atoms with Crippen LogP contribution in [-0.4, -0.2) is 53.1 Å². The fourth-order valence-electron chi connectivity index (χ4n) is 7.08. The molecule has 10 heteroatoms. The molecule has 52 heavy (non-hydrogen) atoms. The van der Waals surface area contributed by atoms with Gasteiger partial charge in [-0.1, -0.05) is 84.4 Å². The van der Waals surface area contributed by atoms with Crippen LogP contribution in [0.1, 0.15) is 86.4 Å². The largest absolute Gasteiger partial charge is 0.466 e. The summed E-state index contributed by atoms with van der Waals surface area (Å²) >= 11 is 6.10. The number of carbonyl (C=O) groups excluding carboxylic acids is 8. The van der Waals surface area contributed by atoms with Gasteiger partial charge in [-0.2, -0.15) is 0 Å². The van der Waals surface area contributed by atoms with Crippen molar-refractivity contribution in [3.63, 3.8) is 0 Å². The lowest BCUT2D eigenvalue weighted by Crippen LogP contribution is -2.35. The second-order valence-electron chi connectivity index (χ2n) is 12.2. The molecule has 0 N–H and O–H groups in total. The van der Waals surface area contributed by atoms with Crippen LogP contribution in [0.25, 0.3) is 0 Å². The summed E-state index contributed by atoms with van der Waals surface area (Å²) in [4.78, 5) is 111. The Kier molecular flexibility index (Phi) is 8.52. The summed E-state index contributed by atoms with van der Waals surface area (Å²) in [6.45, 7) is 3.65. The van der Waals surface area contributed by atoms with Crippen molar-refractivity contribution in [3.05, 3.63) is 174 Å². The summed E-state index contributed by atoms with van der Waals surface area (Å²) in [5.41, 5.74) is -2.86. The van der Waals surface area contributed by atoms with Gasteiger partial charge in [-0.05, 0) is 31.2 Å². The van der Waals surface area contributed by atoms with E-state index in [1.54, 1.807) is 43.3 Å². The molecule has 4 aliphatic rings. The summed E-state index contributed by atoms with van der Waals surface area (Å²) in [7, 11) is 0. The van der Waals surface area contributed by atoms with Crippen LogP contribution in [0.15, 0.2) is 131 Å². The van der Waals surface area contributed by atoms with E-state index < -0.39 is 79.8 Å². The molecule has 0 atom stereocenters. The maximum Gasteiger partial charge on any atom is 0.302 e. The Bertz CT molecular complexity index is 2340. The molecule has 4 aromatic rings. The minimum Gasteiger partial charge on any atom is -0.466 e. The van der Waals surface area contributed by atoms with Crippen molar-refractivity contribution in [1.82, 2.24) is 0 Å². The molecule has 4 aliphatic carbocycles. The van der Waals surface area contributed by atoms with Gasteiger partial charge in [0.1, 0.15) is 0 Å². The van der Waals surface area contributed by atoms with Crippen molar-refractivity contribution in [2.24, 2.45) is 5.92 Å². The zero-order valence-corrected chi connectivity index (χ0v) is 28.3. The highest BCUT2D eigenvalue weighted by Gasteiger charge is 2.53. The zero-order valence-electron chi connectivity index (χ0n) is 27.6. The molecule has 0 saturated carbocycles. The van der Waals surface area contributed by atoms with Crippen LogP contribution < -0.4 is 0 Å². The Hall–Kier alpha value is -6.45. The summed E-state index contributed by atoms with van der Waals surface area (Å²) in [6, 6.07) is 23.5. The van der Waals surface area contributed by atoms with Crippen molar-refractivity contribution >= 4 is 58.1 Å². The van der Waals surface area contributed by atoms with Gasteiger partial charge < -0.3 is 4.74 Å². The van der Waals surface area contributed by atoms with Crippen LogP contribution in [0.2, 0.25) is 5.02 Å². The Morgan fingerprint density at radius 2 is 0.846 bits per heavy atom. The van der Waals surface area contributed by atoms with E-state index in [1.807, 2.05) is 0 Å². The molecule has 0 amide bonds. The molecule has 9 nitrogen and oxygen atoms in total. The summed E-state index contributed by atoms with van der Waals surface area (Å²) in [5.74, 6) is -7.43. The van der Waals surface area contributed by atoms with E-state index in [1.165, 1.54) is 67.6 Å². The molecule has 0 radical (unpaired) electrons. The van der Waals surface area contributed by atoms with Crippen molar-refractivity contribution in [2.75, 3.05) is 6.61 Å². The number of hydrogen-bond donors (Lipinski definition) is 0. The van der Waals surface area contributed by atoms with Crippen LogP contribution in [-0.2, 0) is 9.53 Å². The van der Waals surface area contributed by atoms with E-state index in [0.717, 1.165) is 0 Å². The van der Waals surface area contributed by atoms with Gasteiger partial charge in [0.25, 0.3) is 0 Å². The third-order valence-corrected chi connectivity index (χ3v) is 9.50. The van der Waals surface area contributed by atoms with E-state index >= 15 is 0 Å². The van der Waals surface area contributed by atoms with Crippen molar-refractivity contribution in [2.45, 2.75) is 13.8 Å². The van der Waals surface area contributed by atoms with E-state index in [9.17, 15) is 38.4 Å². The number of benzene rings is 4. The SMILES string of the molecule is CCOC(C)=O.O=C1C2=C(C(=O)c3ccccc31)C1=C(C(=O)c3ccccc3C1=O)C(C(=O)c1ccc(Cl)cc1)C1=C2C(=O)c2ccccc2C1=O. The average Bonchev–Trinajstić information content (AvgIpc) is 3.29. The number of fused-ring (bicyclic) bond motifs is 5. The maximum absolute atomic E-state index is 14.7. The van der Waals surface area contributed by atoms with Gasteiger partial charge in [0.15, 0.2) is 40.5 Å². The smallest absolute Gasteiger partial charge is 0.302 e. The van der Waals surface area contributed by atoms with E-state index in [-0.39, 0.29) is 44.9 Å². The van der Waals surface area contributed by atoms with Gasteiger partial charge >= 0.3 is 5.97 Å². The quantitative estimate of drug-likeness (QED) is 0.165. The first-order valence-electron chi connectivity index (χ1n) is 16.2. The molecule has 0 aliphatic heterocycles. The summed E-state index contributed by atoms with van der Waals surface area (Å²) in [5, 5.41) is 0.319. The van der Waals surface area contributed by atoms with E-state index in [2.05, 4.69) is 4.74 Å². The Labute approximate surface area is 301 Å². The molecular weight excluding hydrogens is 684 g/mol. The summed E-state index contributed by atoms with van der Waals surface area (Å²) < 4.78 is 4.40. The third kappa shape index (κ3) is 5.17. The number of hydrogen-bond acceptors (Lipinski definition) is 9. The number of esters is 1. The molecular formula is C42H25ClO9. The first kappa shape index (κ1) is 34.0. The first-order chi connectivity index (χ1) is 25.0. The molecule has 0 bridgehead atoms. The van der Waals surface area contributed by atoms with Crippen molar-refractivity contribution < 1.29 is 43.1 Å². The lowest BCUT2D eigenvalue weighted by Gasteiger charge is -2.28. The Balaban J connectivity index is 0.000000648. The minimum absolute atomic E-state index is 0.0307. The molecule has 0 unspecified atom stereocenters. The first-order valence-corrected chi connectivity index (χ1v) is 16.6. The molecule has 254 valence electrons. The minimum atomic E-state index is -1.81. The summed E-state index contributed by atoms with van der Waals surface area (Å²) in [6.07, 6.45) is 0. The van der Waals surface area contributed by atoms with Crippen molar-refractivity contribution in [1.29, 1.82) is 0 Å². The lowest BCUT2D eigenvalue weighted by atomic mass is 9.70. The highest BCUT2D eigenvalue weighted by Crippen LogP contribution is 2.50. The predicted octanol–water partition coefficient (Wildman–Crippen LogP) is 6.85. The number of halogens is 1. The van der Waals surface area contributed by atoms with Crippen molar-refractivity contribution in [3.8, 4) is 0 Å². The monoisotopic (exact) mass is 708 g/mol. The normalized spacial score (nSPS) is 16.1. The van der Waals surface area contributed by atoms with Crippen LogP contribution in [0, 0.1) is 5.92 Å². The average molecular weight is 709 g/mol. The fourth-order valence-corrected chi connectivity index (χ4v) is 7.21. The molecule has 0 saturated heterocycles. The number of rotatable bonds is 3. The molecule has 0 spiro atoms. The van der Waals surface area contributed by atoms with Gasteiger partial charge in [0.05, 0.1) is 12.5 Å². The van der Waals surface area contributed by atoms with Gasteiger partial charge in [-0.15, -0.1) is 0 Å². The number of allylic oxidation sites excluding steroid dienone is 6.